The van der Waals surface area contributed by atoms with Gasteiger partial charge in [0.1, 0.15) is 0 Å². The molecule has 1 aromatic rings. The van der Waals surface area contributed by atoms with Crippen molar-refractivity contribution in [1.82, 2.24) is 0 Å². The van der Waals surface area contributed by atoms with Gasteiger partial charge < -0.3 is 0 Å². The Bertz CT molecular complexity index is 349. The van der Waals surface area contributed by atoms with Crippen LogP contribution in [0.15, 0.2) is 60.7 Å². The van der Waals surface area contributed by atoms with Crippen LogP contribution in [0.3, 0.4) is 0 Å². The molecule has 0 atom stereocenters. The fourth-order valence-electron chi connectivity index (χ4n) is 1.17. The Hall–Kier alpha value is -1.56. The van der Waals surface area contributed by atoms with Crippen LogP contribution in [0.25, 0.3) is 5.57 Å². The number of hydrogen-bond donors (Lipinski definition) is 0. The summed E-state index contributed by atoms with van der Waals surface area (Å²) in [7, 11) is 0. The van der Waals surface area contributed by atoms with E-state index in [1.165, 1.54) is 11.1 Å². The second-order valence-electron chi connectivity index (χ2n) is 3.44. The third-order valence-electron chi connectivity index (χ3n) is 1.92. The molecule has 0 aliphatic heterocycles. The fraction of sp³-hybridized carbons (Fsp3) is 0.143. The van der Waals surface area contributed by atoms with Crippen LogP contribution < -0.4 is 0 Å². The van der Waals surface area contributed by atoms with Gasteiger partial charge in [0.05, 0.1) is 0 Å². The lowest BCUT2D eigenvalue weighted by atomic mass is 10.1. The molecular formula is C14H16. The standard InChI is InChI=1S/C14H16/c1-4-13(11-10-12(2)3)14-8-6-5-7-9-14/h4-11H,1H2,2-3H3/b13-11+. The average Bonchev–Trinajstić information content (AvgIpc) is 2.20. The first-order valence-corrected chi connectivity index (χ1v) is 4.77. The van der Waals surface area contributed by atoms with Gasteiger partial charge in [0.25, 0.3) is 0 Å². The zero-order valence-corrected chi connectivity index (χ0v) is 8.83. The molecule has 72 valence electrons. The van der Waals surface area contributed by atoms with Crippen molar-refractivity contribution in [2.24, 2.45) is 0 Å². The van der Waals surface area contributed by atoms with Gasteiger partial charge in [-0.05, 0) is 25.0 Å². The summed E-state index contributed by atoms with van der Waals surface area (Å²) < 4.78 is 0. The topological polar surface area (TPSA) is 0 Å². The van der Waals surface area contributed by atoms with Crippen LogP contribution >= 0.6 is 0 Å². The van der Waals surface area contributed by atoms with Gasteiger partial charge in [0.15, 0.2) is 0 Å². The van der Waals surface area contributed by atoms with Gasteiger partial charge in [0, 0.05) is 0 Å². The number of rotatable bonds is 3. The van der Waals surface area contributed by atoms with Crippen molar-refractivity contribution in [2.75, 3.05) is 0 Å². The highest BCUT2D eigenvalue weighted by Gasteiger charge is 1.93. The van der Waals surface area contributed by atoms with E-state index in [9.17, 15) is 0 Å². The summed E-state index contributed by atoms with van der Waals surface area (Å²) >= 11 is 0. The zero-order valence-electron chi connectivity index (χ0n) is 8.83. The highest BCUT2D eigenvalue weighted by Crippen LogP contribution is 2.15. The summed E-state index contributed by atoms with van der Waals surface area (Å²) in [4.78, 5) is 0. The fourth-order valence-corrected chi connectivity index (χ4v) is 1.17. The van der Waals surface area contributed by atoms with Crippen LogP contribution in [0.4, 0.5) is 0 Å². The van der Waals surface area contributed by atoms with Gasteiger partial charge in [-0.3, -0.25) is 0 Å². The first-order valence-electron chi connectivity index (χ1n) is 4.77. The minimum absolute atomic E-state index is 1.16. The maximum absolute atomic E-state index is 3.82. The second-order valence-corrected chi connectivity index (χ2v) is 3.44. The van der Waals surface area contributed by atoms with Crippen molar-refractivity contribution in [1.29, 1.82) is 0 Å². The Morgan fingerprint density at radius 2 is 1.71 bits per heavy atom. The molecule has 0 N–H and O–H groups in total. The van der Waals surface area contributed by atoms with Crippen molar-refractivity contribution < 1.29 is 0 Å². The number of allylic oxidation sites excluding steroid dienone is 5. The molecule has 0 heteroatoms. The Kier molecular flexibility index (Phi) is 3.93. The highest BCUT2D eigenvalue weighted by atomic mass is 14.0. The smallest absolute Gasteiger partial charge is 0.0184 e. The van der Waals surface area contributed by atoms with Crippen LogP contribution in [-0.2, 0) is 0 Å². The maximum atomic E-state index is 3.82. The molecule has 0 saturated carbocycles. The molecule has 0 amide bonds. The molecule has 1 rings (SSSR count). The molecule has 0 bridgehead atoms. The molecule has 0 nitrogen and oxygen atoms in total. The normalized spacial score (nSPS) is 10.9. The van der Waals surface area contributed by atoms with E-state index < -0.39 is 0 Å². The van der Waals surface area contributed by atoms with Gasteiger partial charge in [-0.1, -0.05) is 60.7 Å². The quantitative estimate of drug-likeness (QED) is 0.617. The SMILES string of the molecule is C=C/C(=C\C=C(C)C)c1ccccc1. The molecule has 0 aliphatic rings. The molecule has 0 spiro atoms. The van der Waals surface area contributed by atoms with Crippen LogP contribution in [0.1, 0.15) is 19.4 Å². The predicted octanol–water partition coefficient (Wildman–Crippen LogP) is 4.22. The Labute approximate surface area is 86.3 Å². The lowest BCUT2D eigenvalue weighted by Crippen LogP contribution is -1.78. The third kappa shape index (κ3) is 3.06. The van der Waals surface area contributed by atoms with E-state index in [-0.39, 0.29) is 0 Å². The van der Waals surface area contributed by atoms with Gasteiger partial charge in [-0.25, -0.2) is 0 Å². The van der Waals surface area contributed by atoms with Gasteiger partial charge in [-0.2, -0.15) is 0 Å². The van der Waals surface area contributed by atoms with Crippen molar-refractivity contribution in [3.8, 4) is 0 Å². The number of hydrogen-bond acceptors (Lipinski definition) is 0. The summed E-state index contributed by atoms with van der Waals surface area (Å²) in [5.41, 5.74) is 3.66. The molecule has 0 fully saturated rings. The Morgan fingerprint density at radius 3 is 2.21 bits per heavy atom. The van der Waals surface area contributed by atoms with E-state index in [1.54, 1.807) is 0 Å². The second kappa shape index (κ2) is 5.23. The van der Waals surface area contributed by atoms with Crippen LogP contribution in [0.2, 0.25) is 0 Å². The van der Waals surface area contributed by atoms with Crippen LogP contribution in [0, 0.1) is 0 Å². The Balaban J connectivity index is 2.99. The van der Waals surface area contributed by atoms with Crippen molar-refractivity contribution in [2.45, 2.75) is 13.8 Å². The molecule has 0 aromatic heterocycles. The first-order chi connectivity index (χ1) is 6.74. The maximum Gasteiger partial charge on any atom is -0.0184 e. The van der Waals surface area contributed by atoms with E-state index in [1.807, 2.05) is 24.3 Å². The molecule has 0 heterocycles. The van der Waals surface area contributed by atoms with E-state index in [0.717, 1.165) is 5.57 Å². The average molecular weight is 184 g/mol. The summed E-state index contributed by atoms with van der Waals surface area (Å²) in [5, 5.41) is 0. The summed E-state index contributed by atoms with van der Waals surface area (Å²) in [6.45, 7) is 7.99. The van der Waals surface area contributed by atoms with Gasteiger partial charge >= 0.3 is 0 Å². The van der Waals surface area contributed by atoms with Gasteiger partial charge in [0.2, 0.25) is 0 Å². The van der Waals surface area contributed by atoms with E-state index in [2.05, 4.69) is 44.7 Å². The van der Waals surface area contributed by atoms with Crippen LogP contribution in [0.5, 0.6) is 0 Å². The molecular weight excluding hydrogens is 168 g/mol. The molecule has 0 saturated heterocycles. The summed E-state index contributed by atoms with van der Waals surface area (Å²) in [6, 6.07) is 10.3. The predicted molar refractivity (Wildman–Crippen MR) is 64.0 cm³/mol. The van der Waals surface area contributed by atoms with E-state index in [0.29, 0.717) is 0 Å². The minimum Gasteiger partial charge on any atom is -0.0984 e. The van der Waals surface area contributed by atoms with E-state index in [4.69, 9.17) is 0 Å². The lowest BCUT2D eigenvalue weighted by Gasteiger charge is -2.00. The zero-order chi connectivity index (χ0) is 10.4. The molecule has 1 aromatic carbocycles. The molecule has 0 unspecified atom stereocenters. The largest absolute Gasteiger partial charge is 0.0984 e. The van der Waals surface area contributed by atoms with E-state index >= 15 is 0 Å². The lowest BCUT2D eigenvalue weighted by molar-refractivity contribution is 1.39. The summed E-state index contributed by atoms with van der Waals surface area (Å²) in [5.74, 6) is 0. The monoisotopic (exact) mass is 184 g/mol. The first kappa shape index (κ1) is 10.5. The molecule has 0 aliphatic carbocycles. The van der Waals surface area contributed by atoms with Crippen molar-refractivity contribution in [3.63, 3.8) is 0 Å². The highest BCUT2D eigenvalue weighted by molar-refractivity contribution is 5.74. The Morgan fingerprint density at radius 1 is 1.07 bits per heavy atom. The minimum atomic E-state index is 1.16. The van der Waals surface area contributed by atoms with Crippen molar-refractivity contribution >= 4 is 5.57 Å². The third-order valence-corrected chi connectivity index (χ3v) is 1.92. The van der Waals surface area contributed by atoms with Crippen molar-refractivity contribution in [3.05, 3.63) is 66.3 Å². The van der Waals surface area contributed by atoms with Gasteiger partial charge in [-0.15, -0.1) is 0 Å². The molecule has 14 heavy (non-hydrogen) atoms. The molecule has 0 radical (unpaired) electrons. The number of benzene rings is 1. The van der Waals surface area contributed by atoms with Crippen LogP contribution in [-0.4, -0.2) is 0 Å². The summed E-state index contributed by atoms with van der Waals surface area (Å²) in [6.07, 6.45) is 6.08.